The first-order valence-electron chi connectivity index (χ1n) is 9.40. The number of fused-ring (bicyclic) bond motifs is 1. The number of rotatable bonds is 5. The van der Waals surface area contributed by atoms with E-state index in [2.05, 4.69) is 10.3 Å². The van der Waals surface area contributed by atoms with Crippen molar-refractivity contribution in [1.29, 1.82) is 0 Å². The Labute approximate surface area is 174 Å². The molecule has 0 spiro atoms. The molecule has 0 radical (unpaired) electrons. The number of nitrogens with one attached hydrogen (secondary N) is 1. The average Bonchev–Trinajstić information content (AvgIpc) is 3.52. The van der Waals surface area contributed by atoms with Gasteiger partial charge in [-0.25, -0.2) is 4.98 Å². The summed E-state index contributed by atoms with van der Waals surface area (Å²) >= 11 is 1.12. The van der Waals surface area contributed by atoms with Gasteiger partial charge >= 0.3 is 6.18 Å². The summed E-state index contributed by atoms with van der Waals surface area (Å²) in [6.07, 6.45) is -2.74. The zero-order valence-electron chi connectivity index (χ0n) is 15.9. The Bertz CT molecular complexity index is 1170. The van der Waals surface area contributed by atoms with Crippen LogP contribution in [0.1, 0.15) is 31.4 Å². The summed E-state index contributed by atoms with van der Waals surface area (Å²) in [5.74, 6) is -0.468. The molecule has 1 N–H and O–H groups in total. The van der Waals surface area contributed by atoms with Crippen molar-refractivity contribution in [3.05, 3.63) is 64.4 Å². The number of para-hydroxylation sites is 1. The summed E-state index contributed by atoms with van der Waals surface area (Å²) in [5, 5.41) is 2.81. The first-order valence-corrected chi connectivity index (χ1v) is 10.3. The zero-order valence-corrected chi connectivity index (χ0v) is 16.8. The van der Waals surface area contributed by atoms with Gasteiger partial charge in [-0.1, -0.05) is 30.0 Å². The Morgan fingerprint density at radius 1 is 1.20 bits per heavy atom. The highest BCUT2D eigenvalue weighted by Gasteiger charge is 2.31. The van der Waals surface area contributed by atoms with Crippen LogP contribution >= 0.6 is 11.8 Å². The van der Waals surface area contributed by atoms with Gasteiger partial charge in [0.05, 0.1) is 21.7 Å². The molecule has 1 saturated carbocycles. The number of benzene rings is 2. The third kappa shape index (κ3) is 4.21. The van der Waals surface area contributed by atoms with Crippen LogP contribution in [0.2, 0.25) is 0 Å². The molecule has 5 nitrogen and oxygen atoms in total. The van der Waals surface area contributed by atoms with Crippen LogP contribution < -0.4 is 10.9 Å². The maximum absolute atomic E-state index is 12.9. The molecule has 2 aromatic carbocycles. The predicted molar refractivity (Wildman–Crippen MR) is 110 cm³/mol. The van der Waals surface area contributed by atoms with Gasteiger partial charge in [0.1, 0.15) is 0 Å². The van der Waals surface area contributed by atoms with Gasteiger partial charge in [0.15, 0.2) is 5.16 Å². The minimum Gasteiger partial charge on any atom is -0.325 e. The number of carbonyl (C=O) groups excluding carboxylic acids is 1. The molecule has 1 aromatic heterocycles. The third-order valence-corrected chi connectivity index (χ3v) is 5.86. The van der Waals surface area contributed by atoms with Crippen molar-refractivity contribution in [2.45, 2.75) is 42.4 Å². The minimum atomic E-state index is -4.49. The van der Waals surface area contributed by atoms with Crippen LogP contribution in [0, 0.1) is 0 Å². The first kappa shape index (κ1) is 20.5. The number of halogens is 3. The Balaban J connectivity index is 1.57. The van der Waals surface area contributed by atoms with Crippen molar-refractivity contribution in [3.8, 4) is 0 Å². The van der Waals surface area contributed by atoms with E-state index in [-0.39, 0.29) is 17.3 Å². The highest BCUT2D eigenvalue weighted by atomic mass is 32.2. The van der Waals surface area contributed by atoms with E-state index in [9.17, 15) is 22.8 Å². The molecule has 1 unspecified atom stereocenters. The van der Waals surface area contributed by atoms with E-state index < -0.39 is 22.9 Å². The minimum absolute atomic E-state index is 0.0633. The first-order chi connectivity index (χ1) is 14.2. The van der Waals surface area contributed by atoms with Crippen LogP contribution in [-0.4, -0.2) is 20.7 Å². The fraction of sp³-hybridized carbons (Fsp3) is 0.286. The second kappa shape index (κ2) is 7.79. The summed E-state index contributed by atoms with van der Waals surface area (Å²) in [5.41, 5.74) is -0.365. The van der Waals surface area contributed by atoms with Crippen molar-refractivity contribution in [1.82, 2.24) is 9.55 Å². The van der Waals surface area contributed by atoms with E-state index in [1.165, 1.54) is 12.1 Å². The lowest BCUT2D eigenvalue weighted by atomic mass is 10.2. The second-order valence-electron chi connectivity index (χ2n) is 7.15. The van der Waals surface area contributed by atoms with Crippen molar-refractivity contribution in [2.24, 2.45) is 0 Å². The molecular formula is C21H18F3N3O2S. The van der Waals surface area contributed by atoms with Crippen molar-refractivity contribution in [2.75, 3.05) is 5.32 Å². The van der Waals surface area contributed by atoms with Crippen molar-refractivity contribution >= 4 is 34.3 Å². The smallest absolute Gasteiger partial charge is 0.325 e. The normalized spacial score (nSPS) is 15.2. The largest absolute Gasteiger partial charge is 0.416 e. The zero-order chi connectivity index (χ0) is 21.5. The topological polar surface area (TPSA) is 64.0 Å². The molecule has 156 valence electrons. The maximum Gasteiger partial charge on any atom is 0.416 e. The van der Waals surface area contributed by atoms with Crippen LogP contribution in [0.25, 0.3) is 10.9 Å². The molecule has 1 fully saturated rings. The van der Waals surface area contributed by atoms with E-state index >= 15 is 0 Å². The molecule has 9 heteroatoms. The number of carbonyl (C=O) groups is 1. The Hall–Kier alpha value is -2.81. The predicted octanol–water partition coefficient (Wildman–Crippen LogP) is 4.87. The number of amides is 1. The number of anilines is 1. The highest BCUT2D eigenvalue weighted by Crippen LogP contribution is 2.38. The fourth-order valence-electron chi connectivity index (χ4n) is 3.09. The van der Waals surface area contributed by atoms with Gasteiger partial charge < -0.3 is 5.32 Å². The maximum atomic E-state index is 12.9. The Morgan fingerprint density at radius 2 is 1.93 bits per heavy atom. The molecule has 30 heavy (non-hydrogen) atoms. The summed E-state index contributed by atoms with van der Waals surface area (Å²) in [7, 11) is 0. The lowest BCUT2D eigenvalue weighted by molar-refractivity contribution is -0.137. The lowest BCUT2D eigenvalue weighted by Crippen LogP contribution is -2.26. The molecule has 1 atom stereocenters. The summed E-state index contributed by atoms with van der Waals surface area (Å²) in [6.45, 7) is 1.63. The summed E-state index contributed by atoms with van der Waals surface area (Å²) in [6, 6.07) is 11.6. The lowest BCUT2D eigenvalue weighted by Gasteiger charge is -2.16. The fourth-order valence-corrected chi connectivity index (χ4v) is 4.07. The number of aromatic nitrogens is 2. The average molecular weight is 433 g/mol. The third-order valence-electron chi connectivity index (χ3n) is 4.80. The second-order valence-corrected chi connectivity index (χ2v) is 8.45. The molecule has 1 aliphatic carbocycles. The van der Waals surface area contributed by atoms with Gasteiger partial charge in [-0.05, 0) is 50.1 Å². The number of alkyl halides is 3. The van der Waals surface area contributed by atoms with E-state index in [4.69, 9.17) is 0 Å². The van der Waals surface area contributed by atoms with Gasteiger partial charge in [0.2, 0.25) is 5.91 Å². The van der Waals surface area contributed by atoms with Crippen LogP contribution in [-0.2, 0) is 11.0 Å². The Kier molecular flexibility index (Phi) is 5.31. The van der Waals surface area contributed by atoms with Crippen LogP contribution in [0.4, 0.5) is 18.9 Å². The number of hydrogen-bond donors (Lipinski definition) is 1. The molecule has 4 rings (SSSR count). The SMILES string of the molecule is CC(Sc1nc2ccccc2c(=O)n1C1CC1)C(=O)Nc1cccc(C(F)(F)F)c1. The van der Waals surface area contributed by atoms with Crippen LogP contribution in [0.15, 0.2) is 58.5 Å². The van der Waals surface area contributed by atoms with Gasteiger partial charge in [-0.15, -0.1) is 0 Å². The monoisotopic (exact) mass is 433 g/mol. The summed E-state index contributed by atoms with van der Waals surface area (Å²) in [4.78, 5) is 30.1. The molecule has 1 aliphatic rings. The molecular weight excluding hydrogens is 415 g/mol. The van der Waals surface area contributed by atoms with E-state index in [0.29, 0.717) is 16.1 Å². The van der Waals surface area contributed by atoms with Gasteiger partial charge in [-0.3, -0.25) is 14.2 Å². The van der Waals surface area contributed by atoms with Crippen molar-refractivity contribution in [3.63, 3.8) is 0 Å². The molecule has 1 heterocycles. The van der Waals surface area contributed by atoms with Crippen molar-refractivity contribution < 1.29 is 18.0 Å². The Morgan fingerprint density at radius 3 is 2.63 bits per heavy atom. The van der Waals surface area contributed by atoms with Gasteiger partial charge in [0, 0.05) is 11.7 Å². The number of nitrogens with zero attached hydrogens (tertiary/aromatic N) is 2. The van der Waals surface area contributed by atoms with Crippen LogP contribution in [0.3, 0.4) is 0 Å². The molecule has 0 bridgehead atoms. The standard InChI is InChI=1S/C21H18F3N3O2S/c1-12(18(28)25-14-6-4-5-13(11-14)21(22,23)24)30-20-26-17-8-3-2-7-16(17)19(29)27(20)15-9-10-15/h2-8,11-12,15H,9-10H2,1H3,(H,25,28). The molecule has 3 aromatic rings. The van der Waals surface area contributed by atoms with Gasteiger partial charge in [-0.2, -0.15) is 13.2 Å². The summed E-state index contributed by atoms with van der Waals surface area (Å²) < 4.78 is 40.3. The number of hydrogen-bond acceptors (Lipinski definition) is 4. The van der Waals surface area contributed by atoms with E-state index in [1.807, 2.05) is 0 Å². The highest BCUT2D eigenvalue weighted by molar-refractivity contribution is 8.00. The van der Waals surface area contributed by atoms with Crippen LogP contribution in [0.5, 0.6) is 0 Å². The molecule has 1 amide bonds. The van der Waals surface area contributed by atoms with E-state index in [1.54, 1.807) is 35.8 Å². The quantitative estimate of drug-likeness (QED) is 0.461. The molecule has 0 saturated heterocycles. The molecule has 0 aliphatic heterocycles. The number of thioether (sulfide) groups is 1. The van der Waals surface area contributed by atoms with E-state index in [0.717, 1.165) is 36.7 Å². The van der Waals surface area contributed by atoms with Gasteiger partial charge in [0.25, 0.3) is 5.56 Å².